The zero-order valence-corrected chi connectivity index (χ0v) is 11.0. The van der Waals surface area contributed by atoms with Crippen LogP contribution in [0.4, 0.5) is 0 Å². The Morgan fingerprint density at radius 2 is 2.12 bits per heavy atom. The number of carbonyl (C=O) groups is 1. The third-order valence-corrected chi connectivity index (χ3v) is 3.79. The largest absolute Gasteiger partial charge is 0.372 e. The Kier molecular flexibility index (Phi) is 4.40. The van der Waals surface area contributed by atoms with Crippen molar-refractivity contribution in [1.82, 2.24) is 9.80 Å². The molecule has 98 valence electrons. The van der Waals surface area contributed by atoms with Crippen molar-refractivity contribution in [2.45, 2.75) is 32.8 Å². The molecular formula is C13H24N2O2. The maximum atomic E-state index is 12.3. The minimum atomic E-state index is 0.211. The number of hydrogen-bond acceptors (Lipinski definition) is 3. The molecule has 0 aromatic rings. The van der Waals surface area contributed by atoms with Gasteiger partial charge in [0.15, 0.2) is 0 Å². The maximum absolute atomic E-state index is 12.3. The highest BCUT2D eigenvalue weighted by molar-refractivity contribution is 5.79. The van der Waals surface area contributed by atoms with Crippen LogP contribution < -0.4 is 0 Å². The van der Waals surface area contributed by atoms with Gasteiger partial charge < -0.3 is 9.64 Å². The summed E-state index contributed by atoms with van der Waals surface area (Å²) in [6.45, 7) is 9.75. The van der Waals surface area contributed by atoms with Crippen LogP contribution in [0.5, 0.6) is 0 Å². The van der Waals surface area contributed by atoms with Crippen molar-refractivity contribution in [1.29, 1.82) is 0 Å². The van der Waals surface area contributed by atoms with E-state index in [-0.39, 0.29) is 5.92 Å². The second-order valence-electron chi connectivity index (χ2n) is 5.06. The molecule has 2 aliphatic rings. The number of amides is 1. The summed E-state index contributed by atoms with van der Waals surface area (Å²) < 4.78 is 5.26. The Labute approximate surface area is 104 Å². The fourth-order valence-electron chi connectivity index (χ4n) is 2.68. The van der Waals surface area contributed by atoms with Gasteiger partial charge in [0.1, 0.15) is 0 Å². The van der Waals surface area contributed by atoms with E-state index in [2.05, 4.69) is 18.7 Å². The van der Waals surface area contributed by atoms with Crippen molar-refractivity contribution in [3.63, 3.8) is 0 Å². The number of rotatable bonds is 5. The van der Waals surface area contributed by atoms with E-state index in [0.717, 1.165) is 52.2 Å². The van der Waals surface area contributed by atoms with Crippen molar-refractivity contribution >= 4 is 5.91 Å². The van der Waals surface area contributed by atoms with Gasteiger partial charge in [0.2, 0.25) is 5.91 Å². The van der Waals surface area contributed by atoms with Gasteiger partial charge in [-0.15, -0.1) is 0 Å². The van der Waals surface area contributed by atoms with Gasteiger partial charge in [-0.25, -0.2) is 0 Å². The van der Waals surface area contributed by atoms with Crippen molar-refractivity contribution in [2.24, 2.45) is 5.92 Å². The standard InChI is InChI=1S/C13H24N2O2/c1-3-15(4-2)13(16)11-6-5-7-14(8-11)9-12-10-17-12/h11-12H,3-10H2,1-2H3. The minimum absolute atomic E-state index is 0.211. The molecule has 0 N–H and O–H groups in total. The van der Waals surface area contributed by atoms with Gasteiger partial charge in [0, 0.05) is 26.2 Å². The van der Waals surface area contributed by atoms with Crippen LogP contribution in [0.25, 0.3) is 0 Å². The molecule has 2 fully saturated rings. The first-order chi connectivity index (χ1) is 8.24. The maximum Gasteiger partial charge on any atom is 0.226 e. The van der Waals surface area contributed by atoms with E-state index in [9.17, 15) is 4.79 Å². The molecule has 4 heteroatoms. The smallest absolute Gasteiger partial charge is 0.226 e. The zero-order chi connectivity index (χ0) is 12.3. The van der Waals surface area contributed by atoms with E-state index < -0.39 is 0 Å². The lowest BCUT2D eigenvalue weighted by Gasteiger charge is -2.34. The van der Waals surface area contributed by atoms with Crippen LogP contribution in [0.2, 0.25) is 0 Å². The van der Waals surface area contributed by atoms with Crippen LogP contribution in [-0.2, 0) is 9.53 Å². The van der Waals surface area contributed by atoms with Gasteiger partial charge >= 0.3 is 0 Å². The second kappa shape index (κ2) is 5.83. The first kappa shape index (κ1) is 12.8. The SMILES string of the molecule is CCN(CC)C(=O)C1CCCN(CC2CO2)C1. The van der Waals surface area contributed by atoms with Crippen molar-refractivity contribution < 1.29 is 9.53 Å². The lowest BCUT2D eigenvalue weighted by molar-refractivity contribution is -0.137. The number of piperidine rings is 1. The van der Waals surface area contributed by atoms with E-state index in [1.807, 2.05) is 4.90 Å². The molecule has 17 heavy (non-hydrogen) atoms. The summed E-state index contributed by atoms with van der Waals surface area (Å²) in [4.78, 5) is 16.6. The second-order valence-corrected chi connectivity index (χ2v) is 5.06. The number of epoxide rings is 1. The molecule has 0 bridgehead atoms. The fraction of sp³-hybridized carbons (Fsp3) is 0.923. The van der Waals surface area contributed by atoms with E-state index >= 15 is 0 Å². The summed E-state index contributed by atoms with van der Waals surface area (Å²) in [6.07, 6.45) is 2.64. The van der Waals surface area contributed by atoms with Crippen LogP contribution in [-0.4, -0.2) is 61.1 Å². The molecule has 1 amide bonds. The lowest BCUT2D eigenvalue weighted by atomic mass is 9.96. The summed E-state index contributed by atoms with van der Waals surface area (Å²) in [5, 5.41) is 0. The Morgan fingerprint density at radius 3 is 2.71 bits per heavy atom. The van der Waals surface area contributed by atoms with Crippen LogP contribution in [0.15, 0.2) is 0 Å². The molecule has 2 heterocycles. The summed E-state index contributed by atoms with van der Waals surface area (Å²) >= 11 is 0. The molecule has 2 unspecified atom stereocenters. The van der Waals surface area contributed by atoms with E-state index in [0.29, 0.717) is 12.0 Å². The summed E-state index contributed by atoms with van der Waals surface area (Å²) in [7, 11) is 0. The van der Waals surface area contributed by atoms with Crippen molar-refractivity contribution in [3.05, 3.63) is 0 Å². The van der Waals surface area contributed by atoms with Crippen LogP contribution in [0, 0.1) is 5.92 Å². The molecule has 0 aromatic carbocycles. The van der Waals surface area contributed by atoms with Crippen LogP contribution in [0.1, 0.15) is 26.7 Å². The summed E-state index contributed by atoms with van der Waals surface area (Å²) in [5.74, 6) is 0.554. The van der Waals surface area contributed by atoms with Crippen LogP contribution in [0.3, 0.4) is 0 Å². The monoisotopic (exact) mass is 240 g/mol. The first-order valence-corrected chi connectivity index (χ1v) is 6.87. The van der Waals surface area contributed by atoms with Gasteiger partial charge in [0.05, 0.1) is 18.6 Å². The number of carbonyl (C=O) groups excluding carboxylic acids is 1. The van der Waals surface area contributed by atoms with Gasteiger partial charge in [0.25, 0.3) is 0 Å². The van der Waals surface area contributed by atoms with Gasteiger partial charge in [-0.05, 0) is 33.2 Å². The average Bonchev–Trinajstić information content (AvgIpc) is 3.15. The lowest BCUT2D eigenvalue weighted by Crippen LogP contribution is -2.45. The van der Waals surface area contributed by atoms with E-state index in [1.165, 1.54) is 0 Å². The number of nitrogens with zero attached hydrogens (tertiary/aromatic N) is 2. The molecule has 0 saturated carbocycles. The van der Waals surface area contributed by atoms with Gasteiger partial charge in [-0.3, -0.25) is 9.69 Å². The molecule has 0 spiro atoms. The Hall–Kier alpha value is -0.610. The Morgan fingerprint density at radius 1 is 1.41 bits per heavy atom. The first-order valence-electron chi connectivity index (χ1n) is 6.87. The molecule has 2 rings (SSSR count). The van der Waals surface area contributed by atoms with Crippen molar-refractivity contribution in [2.75, 3.05) is 39.3 Å². The minimum Gasteiger partial charge on any atom is -0.372 e. The van der Waals surface area contributed by atoms with Crippen molar-refractivity contribution in [3.8, 4) is 0 Å². The number of ether oxygens (including phenoxy) is 1. The quantitative estimate of drug-likeness (QED) is 0.672. The van der Waals surface area contributed by atoms with Gasteiger partial charge in [-0.2, -0.15) is 0 Å². The highest BCUT2D eigenvalue weighted by atomic mass is 16.6. The fourth-order valence-corrected chi connectivity index (χ4v) is 2.68. The normalized spacial score (nSPS) is 29.1. The number of likely N-dealkylation sites (tertiary alicyclic amines) is 1. The average molecular weight is 240 g/mol. The molecule has 0 aromatic heterocycles. The molecular weight excluding hydrogens is 216 g/mol. The summed E-state index contributed by atoms with van der Waals surface area (Å²) in [6, 6.07) is 0. The van der Waals surface area contributed by atoms with Gasteiger partial charge in [-0.1, -0.05) is 0 Å². The molecule has 2 atom stereocenters. The van der Waals surface area contributed by atoms with E-state index in [4.69, 9.17) is 4.74 Å². The van der Waals surface area contributed by atoms with Crippen LogP contribution >= 0.6 is 0 Å². The third-order valence-electron chi connectivity index (χ3n) is 3.79. The zero-order valence-electron chi connectivity index (χ0n) is 11.0. The number of hydrogen-bond donors (Lipinski definition) is 0. The predicted molar refractivity (Wildman–Crippen MR) is 66.8 cm³/mol. The van der Waals surface area contributed by atoms with E-state index in [1.54, 1.807) is 0 Å². The molecule has 0 radical (unpaired) electrons. The third kappa shape index (κ3) is 3.42. The molecule has 2 aliphatic heterocycles. The molecule has 0 aliphatic carbocycles. The highest BCUT2D eigenvalue weighted by Crippen LogP contribution is 2.21. The Bertz CT molecular complexity index is 262. The topological polar surface area (TPSA) is 36.1 Å². The summed E-state index contributed by atoms with van der Waals surface area (Å²) in [5.41, 5.74) is 0. The molecule has 2 saturated heterocycles. The predicted octanol–water partition coefficient (Wildman–Crippen LogP) is 0.966. The molecule has 4 nitrogen and oxygen atoms in total. The Balaban J connectivity index is 1.84. The highest BCUT2D eigenvalue weighted by Gasteiger charge is 2.32.